The number of nitrogens with one attached hydrogen (secondary N) is 1. The number of likely N-dealkylation sites (tertiary alicyclic amines) is 1. The number of nitrogens with zero attached hydrogens (tertiary/aromatic N) is 1. The lowest BCUT2D eigenvalue weighted by molar-refractivity contribution is 0.0602. The molecule has 0 radical (unpaired) electrons. The summed E-state index contributed by atoms with van der Waals surface area (Å²) in [6.07, 6.45) is 2.49. The summed E-state index contributed by atoms with van der Waals surface area (Å²) in [5.74, 6) is 0.247. The highest BCUT2D eigenvalue weighted by atomic mass is 16.5. The number of hydrogen-bond acceptors (Lipinski definition) is 5. The van der Waals surface area contributed by atoms with Gasteiger partial charge in [0.1, 0.15) is 0 Å². The van der Waals surface area contributed by atoms with Crippen molar-refractivity contribution in [2.75, 3.05) is 44.8 Å². The average Bonchev–Trinajstić information content (AvgIpc) is 2.45. The van der Waals surface area contributed by atoms with Crippen molar-refractivity contribution >= 4 is 17.3 Å². The third kappa shape index (κ3) is 3.63. The molecule has 110 valence electrons. The van der Waals surface area contributed by atoms with Crippen LogP contribution in [0.4, 0.5) is 11.4 Å². The monoisotopic (exact) mass is 277 g/mol. The Morgan fingerprint density at radius 1 is 1.55 bits per heavy atom. The highest BCUT2D eigenvalue weighted by Gasteiger charge is 2.17. The molecule has 2 rings (SSSR count). The number of hydrogen-bond donors (Lipinski definition) is 2. The molecule has 1 aromatic rings. The van der Waals surface area contributed by atoms with Gasteiger partial charge in [-0.2, -0.15) is 0 Å². The first-order valence-corrected chi connectivity index (χ1v) is 7.00. The molecule has 1 aromatic carbocycles. The zero-order chi connectivity index (χ0) is 14.5. The number of benzene rings is 1. The molecule has 1 atom stereocenters. The summed E-state index contributed by atoms with van der Waals surface area (Å²) < 4.78 is 4.73. The van der Waals surface area contributed by atoms with Gasteiger partial charge < -0.3 is 20.7 Å². The van der Waals surface area contributed by atoms with Gasteiger partial charge in [0.05, 0.1) is 12.7 Å². The van der Waals surface area contributed by atoms with E-state index >= 15 is 0 Å². The molecule has 0 bridgehead atoms. The SMILES string of the molecule is COC(=O)c1cc(NCC2CCCN(C)C2)ccc1N. The maximum Gasteiger partial charge on any atom is 0.340 e. The van der Waals surface area contributed by atoms with Crippen molar-refractivity contribution in [3.8, 4) is 0 Å². The molecular formula is C15H23N3O2. The van der Waals surface area contributed by atoms with Crippen molar-refractivity contribution in [3.63, 3.8) is 0 Å². The van der Waals surface area contributed by atoms with Crippen molar-refractivity contribution in [3.05, 3.63) is 23.8 Å². The molecule has 1 heterocycles. The van der Waals surface area contributed by atoms with Gasteiger partial charge in [0.15, 0.2) is 0 Å². The summed E-state index contributed by atoms with van der Waals surface area (Å²) in [5.41, 5.74) is 7.56. The van der Waals surface area contributed by atoms with E-state index in [0.717, 1.165) is 18.8 Å². The Labute approximate surface area is 120 Å². The van der Waals surface area contributed by atoms with Gasteiger partial charge in [0.2, 0.25) is 0 Å². The molecule has 1 aliphatic rings. The minimum absolute atomic E-state index is 0.399. The molecule has 3 N–H and O–H groups in total. The van der Waals surface area contributed by atoms with Crippen LogP contribution in [0.2, 0.25) is 0 Å². The van der Waals surface area contributed by atoms with Gasteiger partial charge in [-0.3, -0.25) is 0 Å². The van der Waals surface area contributed by atoms with Crippen LogP contribution in [0, 0.1) is 5.92 Å². The highest BCUT2D eigenvalue weighted by molar-refractivity contribution is 5.96. The fraction of sp³-hybridized carbons (Fsp3) is 0.533. The van der Waals surface area contributed by atoms with Crippen LogP contribution in [-0.2, 0) is 4.74 Å². The minimum atomic E-state index is -0.399. The molecular weight excluding hydrogens is 254 g/mol. The van der Waals surface area contributed by atoms with Crippen LogP contribution in [0.5, 0.6) is 0 Å². The van der Waals surface area contributed by atoms with Crippen molar-refractivity contribution in [1.29, 1.82) is 0 Å². The van der Waals surface area contributed by atoms with Gasteiger partial charge >= 0.3 is 5.97 Å². The number of nitrogens with two attached hydrogens (primary N) is 1. The predicted molar refractivity (Wildman–Crippen MR) is 80.9 cm³/mol. The molecule has 0 aromatic heterocycles. The maximum atomic E-state index is 11.6. The molecule has 0 amide bonds. The average molecular weight is 277 g/mol. The normalized spacial score (nSPS) is 19.6. The molecule has 5 nitrogen and oxygen atoms in total. The van der Waals surface area contributed by atoms with E-state index < -0.39 is 5.97 Å². The van der Waals surface area contributed by atoms with Crippen LogP contribution in [0.15, 0.2) is 18.2 Å². The Morgan fingerprint density at radius 2 is 2.35 bits per heavy atom. The lowest BCUT2D eigenvalue weighted by Gasteiger charge is -2.30. The maximum absolute atomic E-state index is 11.6. The van der Waals surface area contributed by atoms with Gasteiger partial charge in [-0.1, -0.05) is 0 Å². The first kappa shape index (κ1) is 14.7. The van der Waals surface area contributed by atoms with Crippen LogP contribution in [-0.4, -0.2) is 44.7 Å². The summed E-state index contributed by atoms with van der Waals surface area (Å²) in [6, 6.07) is 5.39. The number of esters is 1. The fourth-order valence-corrected chi connectivity index (χ4v) is 2.66. The summed E-state index contributed by atoms with van der Waals surface area (Å²) in [4.78, 5) is 14.0. The smallest absolute Gasteiger partial charge is 0.340 e. The molecule has 1 unspecified atom stereocenters. The van der Waals surface area contributed by atoms with Crippen molar-refractivity contribution < 1.29 is 9.53 Å². The van der Waals surface area contributed by atoms with Crippen molar-refractivity contribution in [2.45, 2.75) is 12.8 Å². The van der Waals surface area contributed by atoms with E-state index in [9.17, 15) is 4.79 Å². The highest BCUT2D eigenvalue weighted by Crippen LogP contribution is 2.20. The Morgan fingerprint density at radius 3 is 3.05 bits per heavy atom. The van der Waals surface area contributed by atoms with Crippen molar-refractivity contribution in [1.82, 2.24) is 4.90 Å². The van der Waals surface area contributed by atoms with E-state index in [0.29, 0.717) is 17.2 Å². The van der Waals surface area contributed by atoms with Crippen LogP contribution < -0.4 is 11.1 Å². The Kier molecular flexibility index (Phi) is 4.84. The Balaban J connectivity index is 1.97. The van der Waals surface area contributed by atoms with E-state index in [4.69, 9.17) is 10.5 Å². The number of piperidine rings is 1. The summed E-state index contributed by atoms with van der Waals surface area (Å²) in [6.45, 7) is 3.21. The van der Waals surface area contributed by atoms with Crippen LogP contribution >= 0.6 is 0 Å². The van der Waals surface area contributed by atoms with Gasteiger partial charge in [-0.25, -0.2) is 4.79 Å². The number of methoxy groups -OCH3 is 1. The molecule has 0 aliphatic carbocycles. The largest absolute Gasteiger partial charge is 0.465 e. The van der Waals surface area contributed by atoms with Gasteiger partial charge in [-0.15, -0.1) is 0 Å². The second-order valence-electron chi connectivity index (χ2n) is 5.45. The number of anilines is 2. The van der Waals surface area contributed by atoms with E-state index in [-0.39, 0.29) is 0 Å². The molecule has 0 saturated carbocycles. The predicted octanol–water partition coefficient (Wildman–Crippen LogP) is 1.81. The summed E-state index contributed by atoms with van der Waals surface area (Å²) in [5, 5.41) is 3.39. The molecule has 20 heavy (non-hydrogen) atoms. The number of carbonyl (C=O) groups is 1. The van der Waals surface area contributed by atoms with Crippen LogP contribution in [0.1, 0.15) is 23.2 Å². The quantitative estimate of drug-likeness (QED) is 0.649. The van der Waals surface area contributed by atoms with E-state index in [1.54, 1.807) is 12.1 Å². The van der Waals surface area contributed by atoms with E-state index in [1.165, 1.54) is 26.5 Å². The number of carbonyl (C=O) groups excluding carboxylic acids is 1. The third-order valence-electron chi connectivity index (χ3n) is 3.78. The second-order valence-corrected chi connectivity index (χ2v) is 5.45. The lowest BCUT2D eigenvalue weighted by Crippen LogP contribution is -2.35. The second kappa shape index (κ2) is 6.61. The first-order chi connectivity index (χ1) is 9.60. The molecule has 5 heteroatoms. The number of nitrogen functional groups attached to an aromatic ring is 1. The minimum Gasteiger partial charge on any atom is -0.465 e. The summed E-state index contributed by atoms with van der Waals surface area (Å²) >= 11 is 0. The van der Waals surface area contributed by atoms with Crippen molar-refractivity contribution in [2.24, 2.45) is 5.92 Å². The van der Waals surface area contributed by atoms with Gasteiger partial charge in [0.25, 0.3) is 0 Å². The lowest BCUT2D eigenvalue weighted by atomic mass is 9.98. The van der Waals surface area contributed by atoms with E-state index in [2.05, 4.69) is 17.3 Å². The summed E-state index contributed by atoms with van der Waals surface area (Å²) in [7, 11) is 3.52. The molecule has 1 saturated heterocycles. The van der Waals surface area contributed by atoms with Crippen LogP contribution in [0.3, 0.4) is 0 Å². The Hall–Kier alpha value is -1.75. The standard InChI is InChI=1S/C15H23N3O2/c1-18-7-3-4-11(10-18)9-17-12-5-6-14(16)13(8-12)15(19)20-2/h5-6,8,11,17H,3-4,7,9-10,16H2,1-2H3. The fourth-order valence-electron chi connectivity index (χ4n) is 2.66. The number of ether oxygens (including phenoxy) is 1. The van der Waals surface area contributed by atoms with Crippen LogP contribution in [0.25, 0.3) is 0 Å². The molecule has 1 fully saturated rings. The van der Waals surface area contributed by atoms with E-state index in [1.807, 2.05) is 6.07 Å². The molecule has 0 spiro atoms. The first-order valence-electron chi connectivity index (χ1n) is 7.00. The molecule has 1 aliphatic heterocycles. The zero-order valence-electron chi connectivity index (χ0n) is 12.2. The topological polar surface area (TPSA) is 67.6 Å². The zero-order valence-corrected chi connectivity index (χ0v) is 12.2. The third-order valence-corrected chi connectivity index (χ3v) is 3.78. The number of rotatable bonds is 4. The Bertz CT molecular complexity index is 476. The van der Waals surface area contributed by atoms with Gasteiger partial charge in [0, 0.05) is 24.5 Å². The van der Waals surface area contributed by atoms with Gasteiger partial charge in [-0.05, 0) is 50.6 Å².